The summed E-state index contributed by atoms with van der Waals surface area (Å²) < 4.78 is 28.2. The van der Waals surface area contributed by atoms with Crippen LogP contribution in [-0.4, -0.2) is 32.1 Å². The van der Waals surface area contributed by atoms with Gasteiger partial charge in [0.1, 0.15) is 0 Å². The lowest BCUT2D eigenvalue weighted by Crippen LogP contribution is -2.51. The van der Waals surface area contributed by atoms with E-state index < -0.39 is 22.1 Å². The molecule has 0 aliphatic carbocycles. The summed E-state index contributed by atoms with van der Waals surface area (Å²) in [6.07, 6.45) is -1.13. The molecule has 8 nitrogen and oxygen atoms in total. The topological polar surface area (TPSA) is 119 Å². The Morgan fingerprint density at radius 1 is 1.28 bits per heavy atom. The molecule has 0 atom stereocenters. The number of carbonyl (C=O) groups is 2. The van der Waals surface area contributed by atoms with Gasteiger partial charge < -0.3 is 10.5 Å². The van der Waals surface area contributed by atoms with Gasteiger partial charge in [0.2, 0.25) is 0 Å². The second-order valence-corrected chi connectivity index (χ2v) is 4.81. The third kappa shape index (κ3) is 2.88. The van der Waals surface area contributed by atoms with E-state index in [2.05, 4.69) is 4.74 Å². The van der Waals surface area contributed by atoms with Crippen LogP contribution < -0.4 is 11.2 Å². The molecule has 0 fully saturated rings. The van der Waals surface area contributed by atoms with Crippen LogP contribution in [0, 0.1) is 0 Å². The van der Waals surface area contributed by atoms with Gasteiger partial charge in [-0.25, -0.2) is 15.0 Å². The number of benzene rings is 1. The van der Waals surface area contributed by atoms with E-state index >= 15 is 0 Å². The predicted octanol–water partition coefficient (Wildman–Crippen LogP) is 0.0270. The summed E-state index contributed by atoms with van der Waals surface area (Å²) in [6.45, 7) is 0. The van der Waals surface area contributed by atoms with E-state index in [1.807, 2.05) is 0 Å². The Kier molecular flexibility index (Phi) is 4.10. The maximum Gasteiger partial charge on any atom is 0.426 e. The zero-order valence-electron chi connectivity index (χ0n) is 9.36. The quantitative estimate of drug-likeness (QED) is 0.736. The fourth-order valence-corrected chi connectivity index (χ4v) is 2.20. The molecule has 0 saturated heterocycles. The molecule has 3 N–H and O–H groups in total. The summed E-state index contributed by atoms with van der Waals surface area (Å²) in [4.78, 5) is 21.8. The van der Waals surface area contributed by atoms with Gasteiger partial charge in [-0.3, -0.25) is 0 Å². The number of carbonyl (C=O) groups excluding carboxylic acids is 2. The van der Waals surface area contributed by atoms with Gasteiger partial charge in [-0.1, -0.05) is 18.2 Å². The van der Waals surface area contributed by atoms with E-state index in [0.29, 0.717) is 0 Å². The van der Waals surface area contributed by atoms with Crippen LogP contribution >= 0.6 is 0 Å². The number of nitrogens with two attached hydrogens (primary N) is 1. The second kappa shape index (κ2) is 5.36. The molecule has 0 saturated carbocycles. The van der Waals surface area contributed by atoms with Crippen molar-refractivity contribution in [2.24, 2.45) is 5.73 Å². The van der Waals surface area contributed by atoms with E-state index in [9.17, 15) is 18.0 Å². The number of rotatable bonds is 2. The van der Waals surface area contributed by atoms with Gasteiger partial charge >= 0.3 is 12.1 Å². The molecule has 3 amide bonds. The number of methoxy groups -OCH3 is 1. The Balaban J connectivity index is 3.14. The Labute approximate surface area is 103 Å². The van der Waals surface area contributed by atoms with Crippen molar-refractivity contribution in [3.63, 3.8) is 0 Å². The average Bonchev–Trinajstić information content (AvgIpc) is 2.36. The molecule has 1 rings (SSSR count). The Bertz CT molecular complexity index is 543. The lowest BCUT2D eigenvalue weighted by Gasteiger charge is -2.19. The highest BCUT2D eigenvalue weighted by atomic mass is 32.2. The summed E-state index contributed by atoms with van der Waals surface area (Å²) in [5.41, 5.74) is 6.62. The van der Waals surface area contributed by atoms with Gasteiger partial charge in [0.25, 0.3) is 10.0 Å². The smallest absolute Gasteiger partial charge is 0.426 e. The SMILES string of the molecule is COC(=O)NN(C(N)=O)S(=O)(=O)c1ccccc1. The summed E-state index contributed by atoms with van der Waals surface area (Å²) in [6, 6.07) is 5.67. The van der Waals surface area contributed by atoms with E-state index in [4.69, 9.17) is 5.73 Å². The predicted molar refractivity (Wildman–Crippen MR) is 60.6 cm³/mol. The van der Waals surface area contributed by atoms with E-state index in [1.54, 1.807) is 11.5 Å². The van der Waals surface area contributed by atoms with E-state index in [1.165, 1.54) is 24.3 Å². The van der Waals surface area contributed by atoms with Gasteiger partial charge in [0, 0.05) is 0 Å². The van der Waals surface area contributed by atoms with Gasteiger partial charge in [-0.05, 0) is 12.1 Å². The summed E-state index contributed by atoms with van der Waals surface area (Å²) in [7, 11) is -3.24. The largest absolute Gasteiger partial charge is 0.452 e. The van der Waals surface area contributed by atoms with Crippen LogP contribution in [0.3, 0.4) is 0 Å². The van der Waals surface area contributed by atoms with Gasteiger partial charge in [0.15, 0.2) is 0 Å². The number of hydrogen-bond donors (Lipinski definition) is 2. The number of sulfonamides is 1. The number of hydrogen-bond acceptors (Lipinski definition) is 5. The number of amides is 3. The van der Waals surface area contributed by atoms with Crippen LogP contribution in [0.15, 0.2) is 35.2 Å². The normalized spacial score (nSPS) is 10.5. The maximum absolute atomic E-state index is 12.0. The third-order valence-electron chi connectivity index (χ3n) is 1.86. The second-order valence-electron chi connectivity index (χ2n) is 3.02. The van der Waals surface area contributed by atoms with Crippen molar-refractivity contribution in [1.82, 2.24) is 9.84 Å². The minimum Gasteiger partial charge on any atom is -0.452 e. The Morgan fingerprint density at radius 3 is 2.28 bits per heavy atom. The highest BCUT2D eigenvalue weighted by Gasteiger charge is 2.29. The number of urea groups is 1. The molecule has 0 aliphatic heterocycles. The molecule has 9 heteroatoms. The van der Waals surface area contributed by atoms with Crippen molar-refractivity contribution in [2.75, 3.05) is 7.11 Å². The molecule has 18 heavy (non-hydrogen) atoms. The van der Waals surface area contributed by atoms with Crippen LogP contribution in [0.1, 0.15) is 0 Å². The molecule has 0 spiro atoms. The standard InChI is InChI=1S/C9H11N3O5S/c1-17-9(14)11-12(8(10)13)18(15,16)7-5-3-2-4-6-7/h2-6H,1H3,(H2,10,13)(H,11,14). The van der Waals surface area contributed by atoms with Gasteiger partial charge in [-0.15, -0.1) is 4.41 Å². The fourth-order valence-electron chi connectivity index (χ4n) is 1.06. The molecule has 1 aromatic carbocycles. The minimum atomic E-state index is -4.26. The van der Waals surface area contributed by atoms with Crippen molar-refractivity contribution in [3.05, 3.63) is 30.3 Å². The van der Waals surface area contributed by atoms with Crippen LogP contribution in [0.2, 0.25) is 0 Å². The van der Waals surface area contributed by atoms with Crippen molar-refractivity contribution >= 4 is 22.1 Å². The van der Waals surface area contributed by atoms with E-state index in [0.717, 1.165) is 7.11 Å². The first-order valence-electron chi connectivity index (χ1n) is 4.64. The molecule has 98 valence electrons. The molecule has 1 aromatic rings. The van der Waals surface area contributed by atoms with Crippen molar-refractivity contribution in [3.8, 4) is 0 Å². The Morgan fingerprint density at radius 2 is 1.83 bits per heavy atom. The molecule has 0 heterocycles. The van der Waals surface area contributed by atoms with Gasteiger partial charge in [0.05, 0.1) is 12.0 Å². The van der Waals surface area contributed by atoms with Crippen LogP contribution in [0.25, 0.3) is 0 Å². The highest BCUT2D eigenvalue weighted by molar-refractivity contribution is 7.89. The first kappa shape index (κ1) is 13.8. The lowest BCUT2D eigenvalue weighted by molar-refractivity contribution is 0.152. The average molecular weight is 273 g/mol. The van der Waals surface area contributed by atoms with Crippen molar-refractivity contribution in [2.45, 2.75) is 4.90 Å². The molecule has 0 unspecified atom stereocenters. The monoisotopic (exact) mass is 273 g/mol. The lowest BCUT2D eigenvalue weighted by atomic mass is 10.4. The first-order valence-corrected chi connectivity index (χ1v) is 6.08. The number of nitrogens with one attached hydrogen (secondary N) is 1. The maximum atomic E-state index is 12.0. The van der Waals surface area contributed by atoms with Crippen LogP contribution in [0.5, 0.6) is 0 Å². The molecular weight excluding hydrogens is 262 g/mol. The van der Waals surface area contributed by atoms with Crippen molar-refractivity contribution < 1.29 is 22.7 Å². The minimum absolute atomic E-state index is 0.00810. The van der Waals surface area contributed by atoms with E-state index in [-0.39, 0.29) is 9.31 Å². The molecular formula is C9H11N3O5S. The zero-order valence-corrected chi connectivity index (χ0v) is 10.2. The number of primary amides is 1. The molecule has 0 bridgehead atoms. The van der Waals surface area contributed by atoms with Gasteiger partial charge in [-0.2, -0.15) is 8.42 Å². The van der Waals surface area contributed by atoms with Crippen LogP contribution in [-0.2, 0) is 14.8 Å². The number of hydrazine groups is 1. The molecule has 0 aliphatic rings. The molecule has 0 radical (unpaired) electrons. The summed E-state index contributed by atoms with van der Waals surface area (Å²) in [5, 5.41) is 0. The van der Waals surface area contributed by atoms with Crippen molar-refractivity contribution in [1.29, 1.82) is 0 Å². The van der Waals surface area contributed by atoms with Crippen LogP contribution in [0.4, 0.5) is 9.59 Å². The highest BCUT2D eigenvalue weighted by Crippen LogP contribution is 2.13. The Hall–Kier alpha value is -2.29. The molecule has 0 aromatic heterocycles. The number of ether oxygens (including phenoxy) is 1. The number of nitrogens with zero attached hydrogens (tertiary/aromatic N) is 1. The summed E-state index contributed by atoms with van der Waals surface area (Å²) >= 11 is 0. The fraction of sp³-hybridized carbons (Fsp3) is 0.111. The summed E-state index contributed by atoms with van der Waals surface area (Å²) in [5.74, 6) is 0. The first-order chi connectivity index (χ1) is 8.39. The third-order valence-corrected chi connectivity index (χ3v) is 3.48. The zero-order chi connectivity index (χ0) is 13.8.